The molecule has 20 heavy (non-hydrogen) atoms. The summed E-state index contributed by atoms with van der Waals surface area (Å²) in [4.78, 5) is 0. The van der Waals surface area contributed by atoms with Crippen LogP contribution in [0.15, 0.2) is 23.4 Å². The number of aliphatic hydroxyl groups is 1. The van der Waals surface area contributed by atoms with Crippen molar-refractivity contribution in [3.8, 4) is 5.75 Å². The van der Waals surface area contributed by atoms with Crippen LogP contribution in [0.25, 0.3) is 0 Å². The summed E-state index contributed by atoms with van der Waals surface area (Å²) in [5, 5.41) is 18.7. The van der Waals surface area contributed by atoms with E-state index in [0.29, 0.717) is 34.0 Å². The molecule has 0 fully saturated rings. The normalized spacial score (nSPS) is 10.8. The molecule has 2 rings (SSSR count). The fourth-order valence-electron chi connectivity index (χ4n) is 1.49. The molecule has 8 heteroatoms. The summed E-state index contributed by atoms with van der Waals surface area (Å²) in [6.07, 6.45) is 0. The molecular formula is C12H13Cl2N3O2S. The zero-order chi connectivity index (χ0) is 14.5. The molecule has 1 aromatic carbocycles. The third kappa shape index (κ3) is 3.79. The molecule has 0 radical (unpaired) electrons. The van der Waals surface area contributed by atoms with E-state index in [0.717, 1.165) is 5.16 Å². The first-order valence-corrected chi connectivity index (χ1v) is 7.55. The number of benzene rings is 1. The number of ether oxygens (including phenoxy) is 1. The fourth-order valence-corrected chi connectivity index (χ4v) is 2.70. The lowest BCUT2D eigenvalue weighted by molar-refractivity contribution is 0.266. The summed E-state index contributed by atoms with van der Waals surface area (Å²) in [5.41, 5.74) is 0. The smallest absolute Gasteiger partial charge is 0.191 e. The van der Waals surface area contributed by atoms with Gasteiger partial charge in [0.2, 0.25) is 0 Å². The molecule has 0 aliphatic rings. The highest BCUT2D eigenvalue weighted by atomic mass is 35.5. The van der Waals surface area contributed by atoms with Crippen LogP contribution in [-0.4, -0.2) is 32.2 Å². The van der Waals surface area contributed by atoms with E-state index in [1.807, 2.05) is 7.05 Å². The van der Waals surface area contributed by atoms with Crippen molar-refractivity contribution in [2.45, 2.75) is 11.8 Å². The first-order valence-electron chi connectivity index (χ1n) is 5.81. The molecule has 0 unspecified atom stereocenters. The highest BCUT2D eigenvalue weighted by Crippen LogP contribution is 2.27. The van der Waals surface area contributed by atoms with E-state index in [2.05, 4.69) is 10.2 Å². The van der Waals surface area contributed by atoms with Gasteiger partial charge in [0, 0.05) is 17.8 Å². The highest BCUT2D eigenvalue weighted by Gasteiger charge is 2.08. The van der Waals surface area contributed by atoms with E-state index < -0.39 is 0 Å². The van der Waals surface area contributed by atoms with Crippen molar-refractivity contribution in [1.82, 2.24) is 14.8 Å². The quantitative estimate of drug-likeness (QED) is 0.650. The molecule has 0 aliphatic heterocycles. The largest absolute Gasteiger partial charge is 0.491 e. The predicted molar refractivity (Wildman–Crippen MR) is 79.6 cm³/mol. The molecule has 0 amide bonds. The second-order valence-electron chi connectivity index (χ2n) is 3.89. The first-order chi connectivity index (χ1) is 9.61. The van der Waals surface area contributed by atoms with E-state index in [4.69, 9.17) is 33.0 Å². The van der Waals surface area contributed by atoms with Crippen molar-refractivity contribution in [3.63, 3.8) is 0 Å². The number of halogens is 2. The molecule has 0 spiro atoms. The Kier molecular flexibility index (Phi) is 5.54. The Bertz CT molecular complexity index is 592. The summed E-state index contributed by atoms with van der Waals surface area (Å²) in [6.45, 7) is 0.355. The third-order valence-electron chi connectivity index (χ3n) is 2.53. The average molecular weight is 334 g/mol. The number of aliphatic hydroxyl groups excluding tert-OH is 1. The number of thioether (sulfide) groups is 1. The molecule has 1 heterocycles. The van der Waals surface area contributed by atoms with Crippen molar-refractivity contribution in [2.75, 3.05) is 12.4 Å². The monoisotopic (exact) mass is 333 g/mol. The molecule has 0 saturated carbocycles. The molecule has 108 valence electrons. The Labute approximate surface area is 130 Å². The number of aromatic nitrogens is 3. The zero-order valence-corrected chi connectivity index (χ0v) is 13.0. The van der Waals surface area contributed by atoms with Crippen molar-refractivity contribution in [3.05, 3.63) is 34.1 Å². The van der Waals surface area contributed by atoms with Crippen molar-refractivity contribution < 1.29 is 9.84 Å². The van der Waals surface area contributed by atoms with Crippen molar-refractivity contribution in [2.24, 2.45) is 7.05 Å². The number of hydrogen-bond donors (Lipinski definition) is 1. The Balaban J connectivity index is 1.83. The van der Waals surface area contributed by atoms with Crippen LogP contribution in [0.4, 0.5) is 0 Å². The molecule has 5 nitrogen and oxygen atoms in total. The maximum absolute atomic E-state index is 9.02. The topological polar surface area (TPSA) is 60.2 Å². The van der Waals surface area contributed by atoms with Gasteiger partial charge in [-0.15, -0.1) is 10.2 Å². The van der Waals surface area contributed by atoms with E-state index in [-0.39, 0.29) is 6.61 Å². The molecule has 0 saturated heterocycles. The van der Waals surface area contributed by atoms with E-state index in [1.165, 1.54) is 11.8 Å². The van der Waals surface area contributed by atoms with Crippen LogP contribution < -0.4 is 4.74 Å². The third-order valence-corrected chi connectivity index (χ3v) is 4.05. The lowest BCUT2D eigenvalue weighted by Crippen LogP contribution is -2.03. The molecule has 0 atom stereocenters. The van der Waals surface area contributed by atoms with Gasteiger partial charge in [0.15, 0.2) is 11.0 Å². The van der Waals surface area contributed by atoms with E-state index in [1.54, 1.807) is 22.8 Å². The Morgan fingerprint density at radius 3 is 2.80 bits per heavy atom. The van der Waals surface area contributed by atoms with Gasteiger partial charge in [0.25, 0.3) is 0 Å². The van der Waals surface area contributed by atoms with Crippen LogP contribution in [0.1, 0.15) is 5.82 Å². The lowest BCUT2D eigenvalue weighted by Gasteiger charge is -2.07. The van der Waals surface area contributed by atoms with Crippen LogP contribution in [-0.2, 0) is 13.7 Å². The predicted octanol–water partition coefficient (Wildman–Crippen LogP) is 2.79. The minimum absolute atomic E-state index is 0.124. The molecule has 2 aromatic rings. The second-order valence-corrected chi connectivity index (χ2v) is 5.79. The van der Waals surface area contributed by atoms with Crippen LogP contribution in [0.5, 0.6) is 5.75 Å². The van der Waals surface area contributed by atoms with Gasteiger partial charge in [0.05, 0.1) is 11.6 Å². The van der Waals surface area contributed by atoms with Gasteiger partial charge in [-0.3, -0.25) is 0 Å². The summed E-state index contributed by atoms with van der Waals surface area (Å²) in [5.74, 6) is 1.83. The standard InChI is InChI=1S/C12H13Cl2N3O2S/c1-17-11(7-18)15-16-12(17)20-5-4-19-10-3-2-8(13)6-9(10)14/h2-3,6,18H,4-5,7H2,1H3. The number of nitrogens with zero attached hydrogens (tertiary/aromatic N) is 3. The van der Waals surface area contributed by atoms with E-state index >= 15 is 0 Å². The van der Waals surface area contributed by atoms with E-state index in [9.17, 15) is 0 Å². The Hall–Kier alpha value is -0.950. The maximum atomic E-state index is 9.02. The molecule has 0 aliphatic carbocycles. The van der Waals surface area contributed by atoms with Gasteiger partial charge in [0.1, 0.15) is 12.4 Å². The average Bonchev–Trinajstić information content (AvgIpc) is 2.77. The molecule has 1 N–H and O–H groups in total. The van der Waals surface area contributed by atoms with Crippen LogP contribution >= 0.6 is 35.0 Å². The molecule has 0 bridgehead atoms. The van der Waals surface area contributed by atoms with Crippen LogP contribution in [0, 0.1) is 0 Å². The first kappa shape index (κ1) is 15.4. The number of hydrogen-bond acceptors (Lipinski definition) is 5. The summed E-state index contributed by atoms with van der Waals surface area (Å²) >= 11 is 13.3. The Morgan fingerprint density at radius 1 is 1.35 bits per heavy atom. The highest BCUT2D eigenvalue weighted by molar-refractivity contribution is 7.99. The number of rotatable bonds is 6. The molecule has 1 aromatic heterocycles. The summed E-state index contributed by atoms with van der Waals surface area (Å²) in [6, 6.07) is 5.11. The van der Waals surface area contributed by atoms with Gasteiger partial charge >= 0.3 is 0 Å². The van der Waals surface area contributed by atoms with Crippen LogP contribution in [0.3, 0.4) is 0 Å². The SMILES string of the molecule is Cn1c(CO)nnc1SCCOc1ccc(Cl)cc1Cl. The van der Waals surface area contributed by atoms with Crippen LogP contribution in [0.2, 0.25) is 10.0 Å². The van der Waals surface area contributed by atoms with Gasteiger partial charge in [-0.25, -0.2) is 0 Å². The second kappa shape index (κ2) is 7.17. The van der Waals surface area contributed by atoms with Crippen molar-refractivity contribution >= 4 is 35.0 Å². The summed E-state index contributed by atoms with van der Waals surface area (Å²) in [7, 11) is 1.81. The zero-order valence-electron chi connectivity index (χ0n) is 10.7. The van der Waals surface area contributed by atoms with Gasteiger partial charge < -0.3 is 14.4 Å². The lowest BCUT2D eigenvalue weighted by atomic mass is 10.3. The van der Waals surface area contributed by atoms with Gasteiger partial charge in [-0.05, 0) is 18.2 Å². The fraction of sp³-hybridized carbons (Fsp3) is 0.333. The minimum Gasteiger partial charge on any atom is -0.491 e. The molecular weight excluding hydrogens is 321 g/mol. The summed E-state index contributed by atoms with van der Waals surface area (Å²) < 4.78 is 7.32. The van der Waals surface area contributed by atoms with Gasteiger partial charge in [-0.2, -0.15) is 0 Å². The minimum atomic E-state index is -0.124. The van der Waals surface area contributed by atoms with Gasteiger partial charge in [-0.1, -0.05) is 35.0 Å². The maximum Gasteiger partial charge on any atom is 0.191 e. The van der Waals surface area contributed by atoms with Crippen molar-refractivity contribution in [1.29, 1.82) is 0 Å². The Morgan fingerprint density at radius 2 is 2.15 bits per heavy atom.